The van der Waals surface area contributed by atoms with Gasteiger partial charge in [-0.15, -0.1) is 0 Å². The number of hydrogen-bond donors (Lipinski definition) is 0. The molecule has 10 heteroatoms. The van der Waals surface area contributed by atoms with Gasteiger partial charge in [0.2, 0.25) is 0 Å². The summed E-state index contributed by atoms with van der Waals surface area (Å²) in [7, 11) is 0. The Labute approximate surface area is 184 Å². The van der Waals surface area contributed by atoms with E-state index in [0.29, 0.717) is 36.7 Å². The quantitative estimate of drug-likeness (QED) is 0.280. The first-order chi connectivity index (χ1) is 14.4. The third kappa shape index (κ3) is 4.25. The molecule has 0 radical (unpaired) electrons. The molecule has 7 nitrogen and oxygen atoms in total. The van der Waals surface area contributed by atoms with Crippen LogP contribution in [0.1, 0.15) is 16.1 Å². The summed E-state index contributed by atoms with van der Waals surface area (Å²) in [4.78, 5) is 34.2. The molecule has 0 unspecified atom stereocenters. The van der Waals surface area contributed by atoms with Crippen molar-refractivity contribution >= 4 is 61.5 Å². The maximum Gasteiger partial charge on any atom is 0.270 e. The second-order valence-corrected chi connectivity index (χ2v) is 8.16. The van der Waals surface area contributed by atoms with Crippen molar-refractivity contribution in [2.75, 3.05) is 4.90 Å². The van der Waals surface area contributed by atoms with E-state index in [0.717, 1.165) is 0 Å². The maximum absolute atomic E-state index is 13.3. The summed E-state index contributed by atoms with van der Waals surface area (Å²) in [5.41, 5.74) is 1.48. The van der Waals surface area contributed by atoms with Crippen LogP contribution in [0.4, 0.5) is 10.8 Å². The number of benzene rings is 2. The van der Waals surface area contributed by atoms with Gasteiger partial charge in [0.1, 0.15) is 0 Å². The number of nitro benzene ring substituents is 1. The maximum atomic E-state index is 13.3. The van der Waals surface area contributed by atoms with Gasteiger partial charge in [-0.1, -0.05) is 40.6 Å². The Kier molecular flexibility index (Phi) is 5.63. The molecule has 0 aliphatic heterocycles. The molecule has 0 saturated heterocycles. The number of aromatic nitrogens is 2. The summed E-state index contributed by atoms with van der Waals surface area (Å²) in [6.07, 6.45) is 1.63. The van der Waals surface area contributed by atoms with Gasteiger partial charge >= 0.3 is 0 Å². The summed E-state index contributed by atoms with van der Waals surface area (Å²) >= 11 is 13.3. The van der Waals surface area contributed by atoms with Crippen LogP contribution in [0.5, 0.6) is 0 Å². The molecule has 2 heterocycles. The SMILES string of the molecule is O=C(c1cc(Cl)cc(Cl)c1)N(Cc1ccccn1)c1nc2ccc([N+](=O)[O-])cc2s1. The number of rotatable bonds is 5. The number of nitro groups is 1. The minimum absolute atomic E-state index is 0.0399. The van der Waals surface area contributed by atoms with E-state index in [2.05, 4.69) is 9.97 Å². The first-order valence-corrected chi connectivity index (χ1v) is 10.2. The smallest absolute Gasteiger partial charge is 0.270 e. The van der Waals surface area contributed by atoms with Crippen molar-refractivity contribution in [2.24, 2.45) is 0 Å². The number of thiazole rings is 1. The zero-order valence-electron chi connectivity index (χ0n) is 15.2. The average molecular weight is 459 g/mol. The van der Waals surface area contributed by atoms with Gasteiger partial charge in [-0.2, -0.15) is 0 Å². The van der Waals surface area contributed by atoms with Crippen molar-refractivity contribution in [1.29, 1.82) is 0 Å². The van der Waals surface area contributed by atoms with Gasteiger partial charge in [0, 0.05) is 33.9 Å². The summed E-state index contributed by atoms with van der Waals surface area (Å²) in [6.45, 7) is 0.158. The van der Waals surface area contributed by atoms with Gasteiger partial charge in [-0.05, 0) is 36.4 Å². The fourth-order valence-electron chi connectivity index (χ4n) is 2.84. The van der Waals surface area contributed by atoms with Crippen molar-refractivity contribution in [3.05, 3.63) is 92.2 Å². The van der Waals surface area contributed by atoms with Crippen molar-refractivity contribution < 1.29 is 9.72 Å². The van der Waals surface area contributed by atoms with Crippen LogP contribution < -0.4 is 4.90 Å². The lowest BCUT2D eigenvalue weighted by Crippen LogP contribution is -2.30. The summed E-state index contributed by atoms with van der Waals surface area (Å²) in [5, 5.41) is 12.1. The Morgan fingerprint density at radius 2 is 1.87 bits per heavy atom. The molecular formula is C20H12Cl2N4O3S. The first-order valence-electron chi connectivity index (χ1n) is 8.63. The van der Waals surface area contributed by atoms with E-state index in [1.165, 1.54) is 40.5 Å². The van der Waals surface area contributed by atoms with Crippen LogP contribution in [0.2, 0.25) is 10.0 Å². The fraction of sp³-hybridized carbons (Fsp3) is 0.0500. The fourth-order valence-corrected chi connectivity index (χ4v) is 4.37. The van der Waals surface area contributed by atoms with Crippen molar-refractivity contribution in [3.8, 4) is 0 Å². The average Bonchev–Trinajstić information content (AvgIpc) is 3.14. The second kappa shape index (κ2) is 8.35. The number of carbonyl (C=O) groups excluding carboxylic acids is 1. The zero-order valence-corrected chi connectivity index (χ0v) is 17.5. The lowest BCUT2D eigenvalue weighted by molar-refractivity contribution is -0.384. The van der Waals surface area contributed by atoms with Crippen LogP contribution in [0.3, 0.4) is 0 Å². The molecule has 2 aromatic heterocycles. The molecule has 0 spiro atoms. The Morgan fingerprint density at radius 3 is 2.53 bits per heavy atom. The number of fused-ring (bicyclic) bond motifs is 1. The highest BCUT2D eigenvalue weighted by Crippen LogP contribution is 2.33. The first kappa shape index (κ1) is 20.2. The van der Waals surface area contributed by atoms with E-state index in [9.17, 15) is 14.9 Å². The number of halogens is 2. The van der Waals surface area contributed by atoms with Crippen LogP contribution in [-0.4, -0.2) is 20.8 Å². The highest BCUT2D eigenvalue weighted by atomic mass is 35.5. The standard InChI is InChI=1S/C20H12Cl2N4O3S/c21-13-7-12(8-14(22)9-13)19(27)25(11-15-3-1-2-6-23-15)20-24-17-5-4-16(26(28)29)10-18(17)30-20/h1-10H,11H2. The van der Waals surface area contributed by atoms with Crippen LogP contribution in [-0.2, 0) is 6.54 Å². The van der Waals surface area contributed by atoms with Crippen LogP contribution in [0.25, 0.3) is 10.2 Å². The number of anilines is 1. The van der Waals surface area contributed by atoms with E-state index in [4.69, 9.17) is 23.2 Å². The number of nitrogens with zero attached hydrogens (tertiary/aromatic N) is 4. The number of amides is 1. The molecule has 0 aliphatic rings. The lowest BCUT2D eigenvalue weighted by atomic mass is 10.2. The molecule has 0 fully saturated rings. The molecule has 150 valence electrons. The van der Waals surface area contributed by atoms with Gasteiger partial charge in [-0.25, -0.2) is 4.98 Å². The molecule has 4 rings (SSSR count). The molecule has 1 amide bonds. The Morgan fingerprint density at radius 1 is 1.10 bits per heavy atom. The van der Waals surface area contributed by atoms with Crippen LogP contribution in [0, 0.1) is 10.1 Å². The van der Waals surface area contributed by atoms with Crippen molar-refractivity contribution in [2.45, 2.75) is 6.54 Å². The molecule has 4 aromatic rings. The van der Waals surface area contributed by atoms with Gasteiger partial charge in [0.25, 0.3) is 11.6 Å². The van der Waals surface area contributed by atoms with Crippen molar-refractivity contribution in [1.82, 2.24) is 9.97 Å². The Hall–Kier alpha value is -3.07. The molecule has 30 heavy (non-hydrogen) atoms. The third-order valence-corrected chi connectivity index (χ3v) is 5.68. The molecule has 0 aliphatic carbocycles. The second-order valence-electron chi connectivity index (χ2n) is 6.28. The Balaban J connectivity index is 1.79. The normalized spacial score (nSPS) is 10.9. The minimum Gasteiger partial charge on any atom is -0.278 e. The van der Waals surface area contributed by atoms with E-state index in [-0.39, 0.29) is 18.1 Å². The number of pyridine rings is 1. The van der Waals surface area contributed by atoms with Gasteiger partial charge in [0.05, 0.1) is 27.4 Å². The molecule has 0 N–H and O–H groups in total. The van der Waals surface area contributed by atoms with Gasteiger partial charge < -0.3 is 0 Å². The molecular weight excluding hydrogens is 447 g/mol. The number of carbonyl (C=O) groups is 1. The van der Waals surface area contributed by atoms with Crippen LogP contribution in [0.15, 0.2) is 60.8 Å². The number of non-ortho nitro benzene ring substituents is 1. The molecule has 0 saturated carbocycles. The summed E-state index contributed by atoms with van der Waals surface area (Å²) < 4.78 is 0.599. The summed E-state index contributed by atoms with van der Waals surface area (Å²) in [6, 6.07) is 14.4. The predicted octanol–water partition coefficient (Wildman–Crippen LogP) is 5.75. The third-order valence-electron chi connectivity index (χ3n) is 4.20. The number of hydrogen-bond acceptors (Lipinski definition) is 6. The highest BCUT2D eigenvalue weighted by Gasteiger charge is 2.23. The van der Waals surface area contributed by atoms with Gasteiger partial charge in [-0.3, -0.25) is 24.8 Å². The van der Waals surface area contributed by atoms with E-state index < -0.39 is 4.92 Å². The monoisotopic (exact) mass is 458 g/mol. The van der Waals surface area contributed by atoms with Gasteiger partial charge in [0.15, 0.2) is 5.13 Å². The van der Waals surface area contributed by atoms with Crippen molar-refractivity contribution in [3.63, 3.8) is 0 Å². The summed E-state index contributed by atoms with van der Waals surface area (Å²) in [5.74, 6) is -0.362. The van der Waals surface area contributed by atoms with Crippen LogP contribution >= 0.6 is 34.5 Å². The lowest BCUT2D eigenvalue weighted by Gasteiger charge is -2.20. The minimum atomic E-state index is -0.469. The molecule has 0 bridgehead atoms. The highest BCUT2D eigenvalue weighted by molar-refractivity contribution is 7.22. The topological polar surface area (TPSA) is 89.2 Å². The molecule has 2 aromatic carbocycles. The Bertz CT molecular complexity index is 1240. The zero-order chi connectivity index (χ0) is 21.3. The predicted molar refractivity (Wildman–Crippen MR) is 117 cm³/mol. The largest absolute Gasteiger partial charge is 0.278 e. The van der Waals surface area contributed by atoms with E-state index in [1.54, 1.807) is 30.5 Å². The van der Waals surface area contributed by atoms with E-state index in [1.807, 2.05) is 6.07 Å². The van der Waals surface area contributed by atoms with E-state index >= 15 is 0 Å². The molecule has 0 atom stereocenters.